The maximum Gasteiger partial charge on any atom is 2.00 e. The van der Waals surface area contributed by atoms with Crippen LogP contribution in [0.25, 0.3) is 0 Å². The predicted molar refractivity (Wildman–Crippen MR) is 155 cm³/mol. The minimum absolute atomic E-state index is 0. The molecule has 0 radical (unpaired) electrons. The summed E-state index contributed by atoms with van der Waals surface area (Å²) in [5.41, 5.74) is 3.35. The summed E-state index contributed by atoms with van der Waals surface area (Å²) in [6.45, 7) is 15.9. The number of hydrogen-bond acceptors (Lipinski definition) is 1. The maximum absolute atomic E-state index is 8.38. The third-order valence-corrected chi connectivity index (χ3v) is 11.4. The quantitative estimate of drug-likeness (QED) is 0.174. The second kappa shape index (κ2) is 26.2. The van der Waals surface area contributed by atoms with Crippen LogP contribution >= 0.6 is 15.8 Å². The van der Waals surface area contributed by atoms with Crippen molar-refractivity contribution in [3.8, 4) is 17.9 Å². The number of aryl methyl sites for hydroxylation is 1. The Balaban J connectivity index is -0.000000379. The molecule has 0 aliphatic carbocycles. The standard InChI is InChI=1S/C9H4N.C9H7.2C6H15P.Pt/c1-2-8-3-5-9(7-10)6-4-8;1-3-9-6-4-8(2)5-7-9;2*1-4-7(5-2)6-3;/h3-6H;4-7H,2H3;2*4-6H2,1-3H3;/q2*-1;;;+2/p+2. The molecule has 1 nitrogen and oxygen atoms in total. The van der Waals surface area contributed by atoms with E-state index < -0.39 is 0 Å². The minimum atomic E-state index is 0. The van der Waals surface area contributed by atoms with Gasteiger partial charge in [-0.15, -0.1) is 35.4 Å². The molecule has 2 aromatic rings. The van der Waals surface area contributed by atoms with Gasteiger partial charge in [-0.05, 0) is 64.3 Å². The first-order valence-corrected chi connectivity index (χ1v) is 16.2. The topological polar surface area (TPSA) is 23.8 Å². The Morgan fingerprint density at radius 1 is 0.588 bits per heavy atom. The van der Waals surface area contributed by atoms with Crippen LogP contribution < -0.4 is 0 Å². The molecule has 0 saturated heterocycles. The van der Waals surface area contributed by atoms with Crippen LogP contribution in [0.1, 0.15) is 63.8 Å². The van der Waals surface area contributed by atoms with Crippen molar-refractivity contribution in [2.45, 2.75) is 48.5 Å². The van der Waals surface area contributed by atoms with Crippen LogP contribution in [-0.2, 0) is 21.1 Å². The van der Waals surface area contributed by atoms with Gasteiger partial charge in [-0.3, -0.25) is 11.8 Å². The van der Waals surface area contributed by atoms with Gasteiger partial charge in [-0.1, -0.05) is 29.8 Å². The Morgan fingerprint density at radius 3 is 1.06 bits per heavy atom. The van der Waals surface area contributed by atoms with Crippen molar-refractivity contribution in [1.82, 2.24) is 0 Å². The molecule has 0 aliphatic heterocycles. The van der Waals surface area contributed by atoms with Gasteiger partial charge < -0.3 is 12.8 Å². The SMILES string of the molecule is CC[PH+](CC)CC.CC[PH+](CC)CC.[C-]#Cc1ccc(C#N)cc1.[C-]#Cc1ccc(C)cc1.[Pt+2]. The zero-order valence-corrected chi connectivity index (χ0v) is 26.4. The first-order chi connectivity index (χ1) is 15.9. The molecular formula is C30H43NP2Pt+2. The summed E-state index contributed by atoms with van der Waals surface area (Å²) < 4.78 is 0. The van der Waals surface area contributed by atoms with Gasteiger partial charge in [0.1, 0.15) is 0 Å². The van der Waals surface area contributed by atoms with E-state index in [1.807, 2.05) is 37.3 Å². The van der Waals surface area contributed by atoms with Gasteiger partial charge in [-0.2, -0.15) is 5.26 Å². The summed E-state index contributed by atoms with van der Waals surface area (Å²) >= 11 is 0. The maximum atomic E-state index is 8.38. The molecule has 34 heavy (non-hydrogen) atoms. The predicted octanol–water partition coefficient (Wildman–Crippen LogP) is 7.95. The largest absolute Gasteiger partial charge is 2.00 e. The number of rotatable bonds is 6. The molecular weight excluding hydrogens is 631 g/mol. The van der Waals surface area contributed by atoms with Gasteiger partial charge in [0.15, 0.2) is 0 Å². The third-order valence-electron chi connectivity index (χ3n) is 5.35. The Hall–Kier alpha value is -1.40. The van der Waals surface area contributed by atoms with Crippen molar-refractivity contribution in [2.75, 3.05) is 37.0 Å². The fourth-order valence-electron chi connectivity index (χ4n) is 2.76. The molecule has 0 fully saturated rings. The van der Waals surface area contributed by atoms with E-state index in [4.69, 9.17) is 18.1 Å². The van der Waals surface area contributed by atoms with E-state index in [-0.39, 0.29) is 36.9 Å². The van der Waals surface area contributed by atoms with Gasteiger partial charge in [0.2, 0.25) is 0 Å². The smallest absolute Gasteiger partial charge is 0.366 e. The fourth-order valence-corrected chi connectivity index (χ4v) is 5.76. The summed E-state index contributed by atoms with van der Waals surface area (Å²) in [5, 5.41) is 8.38. The molecule has 0 aromatic heterocycles. The van der Waals surface area contributed by atoms with E-state index in [1.54, 1.807) is 24.3 Å². The van der Waals surface area contributed by atoms with Crippen molar-refractivity contribution < 1.29 is 21.1 Å². The van der Waals surface area contributed by atoms with E-state index in [0.29, 0.717) is 11.1 Å². The number of hydrogen-bond donors (Lipinski definition) is 0. The minimum Gasteiger partial charge on any atom is -0.366 e. The number of benzene rings is 2. The van der Waals surface area contributed by atoms with E-state index in [9.17, 15) is 0 Å². The molecule has 186 valence electrons. The van der Waals surface area contributed by atoms with Crippen molar-refractivity contribution in [3.05, 3.63) is 83.6 Å². The Morgan fingerprint density at radius 2 is 0.853 bits per heavy atom. The van der Waals surface area contributed by atoms with Crippen LogP contribution in [-0.4, -0.2) is 37.0 Å². The molecule has 0 amide bonds. The van der Waals surface area contributed by atoms with E-state index >= 15 is 0 Å². The van der Waals surface area contributed by atoms with Crippen molar-refractivity contribution in [3.63, 3.8) is 0 Å². The van der Waals surface area contributed by atoms with Gasteiger partial charge in [0, 0.05) is 5.56 Å². The van der Waals surface area contributed by atoms with E-state index in [0.717, 1.165) is 5.56 Å². The number of nitriles is 1. The molecule has 4 heteroatoms. The molecule has 0 heterocycles. The van der Waals surface area contributed by atoms with Gasteiger partial charge in [0.25, 0.3) is 0 Å². The molecule has 0 atom stereocenters. The molecule has 0 N–H and O–H groups in total. The average molecular weight is 675 g/mol. The summed E-state index contributed by atoms with van der Waals surface area (Å²) in [4.78, 5) is 0. The molecule has 0 aliphatic rings. The zero-order chi connectivity index (χ0) is 25.5. The normalized spacial score (nSPS) is 8.76. The van der Waals surface area contributed by atoms with Crippen LogP contribution in [0.2, 0.25) is 0 Å². The second-order valence-corrected chi connectivity index (χ2v) is 14.7. The van der Waals surface area contributed by atoms with Gasteiger partial charge in [-0.25, -0.2) is 0 Å². The monoisotopic (exact) mass is 674 g/mol. The van der Waals surface area contributed by atoms with Crippen LogP contribution in [0.3, 0.4) is 0 Å². The Labute approximate surface area is 228 Å². The summed E-state index contributed by atoms with van der Waals surface area (Å²) in [7, 11) is 0.275. The van der Waals surface area contributed by atoms with Gasteiger partial charge in [0.05, 0.1) is 43.0 Å². The fraction of sp³-hybridized carbons (Fsp3) is 0.433. The van der Waals surface area contributed by atoms with Gasteiger partial charge >= 0.3 is 21.1 Å². The molecule has 0 bridgehead atoms. The summed E-state index contributed by atoms with van der Waals surface area (Å²) in [5.74, 6) is 4.52. The van der Waals surface area contributed by atoms with Crippen LogP contribution in [0.15, 0.2) is 48.5 Å². The summed E-state index contributed by atoms with van der Waals surface area (Å²) in [6, 6.07) is 16.4. The van der Waals surface area contributed by atoms with Crippen LogP contribution in [0.5, 0.6) is 0 Å². The first-order valence-electron chi connectivity index (χ1n) is 12.0. The molecule has 2 aromatic carbocycles. The van der Waals surface area contributed by atoms with Crippen LogP contribution in [0.4, 0.5) is 0 Å². The molecule has 0 unspecified atom stereocenters. The zero-order valence-electron chi connectivity index (χ0n) is 22.1. The number of nitrogens with zero attached hydrogens (tertiary/aromatic N) is 1. The second-order valence-electron chi connectivity index (χ2n) is 7.43. The molecule has 0 spiro atoms. The molecule has 0 saturated carbocycles. The average Bonchev–Trinajstić information content (AvgIpc) is 2.88. The Kier molecular flexibility index (Phi) is 28.6. The molecule has 2 rings (SSSR count). The summed E-state index contributed by atoms with van der Waals surface area (Å²) in [6.07, 6.45) is 22.2. The Bertz CT molecular complexity index is 776. The van der Waals surface area contributed by atoms with Crippen molar-refractivity contribution in [1.29, 1.82) is 5.26 Å². The first kappa shape index (κ1) is 37.2. The van der Waals surface area contributed by atoms with E-state index in [2.05, 4.69) is 53.4 Å². The van der Waals surface area contributed by atoms with Crippen LogP contribution in [0, 0.1) is 42.9 Å². The van der Waals surface area contributed by atoms with Crippen molar-refractivity contribution >= 4 is 15.8 Å². The van der Waals surface area contributed by atoms with E-state index in [1.165, 1.54) is 42.5 Å². The third kappa shape index (κ3) is 20.0. The van der Waals surface area contributed by atoms with Crippen molar-refractivity contribution in [2.24, 2.45) is 0 Å².